The van der Waals surface area contributed by atoms with E-state index in [-0.39, 0.29) is 12.0 Å². The first kappa shape index (κ1) is 12.8. The summed E-state index contributed by atoms with van der Waals surface area (Å²) in [6.07, 6.45) is 0. The topological polar surface area (TPSA) is 29.5 Å². The quantitative estimate of drug-likeness (QED) is 0.760. The van der Waals surface area contributed by atoms with Crippen LogP contribution in [0.2, 0.25) is 5.02 Å². The van der Waals surface area contributed by atoms with Gasteiger partial charge in [-0.2, -0.15) is 0 Å². The maximum Gasteiger partial charge on any atom is 0.328 e. The van der Waals surface area contributed by atoms with Crippen LogP contribution in [0.4, 0.5) is 5.69 Å². The highest BCUT2D eigenvalue weighted by atomic mass is 35.5. The van der Waals surface area contributed by atoms with Crippen molar-refractivity contribution in [3.63, 3.8) is 0 Å². The Hall–Kier alpha value is -1.22. The van der Waals surface area contributed by atoms with E-state index in [1.807, 2.05) is 30.1 Å². The zero-order valence-corrected chi connectivity index (χ0v) is 10.5. The Balaban J connectivity index is 2.77. The standard InChI is InChI=1S/C12H16ClNO2/c1-4-16-12(15)9(2)14(3)11-7-5-6-10(13)8-11/h5-9H,4H2,1-3H3. The van der Waals surface area contributed by atoms with Gasteiger partial charge in [-0.25, -0.2) is 4.79 Å². The summed E-state index contributed by atoms with van der Waals surface area (Å²) in [5.41, 5.74) is 0.896. The fourth-order valence-corrected chi connectivity index (χ4v) is 1.52. The lowest BCUT2D eigenvalue weighted by Gasteiger charge is -2.25. The lowest BCUT2D eigenvalue weighted by Crippen LogP contribution is -2.37. The van der Waals surface area contributed by atoms with Crippen molar-refractivity contribution in [3.05, 3.63) is 29.3 Å². The maximum atomic E-state index is 11.5. The average Bonchev–Trinajstić information content (AvgIpc) is 2.27. The van der Waals surface area contributed by atoms with Crippen molar-refractivity contribution in [2.75, 3.05) is 18.6 Å². The molecule has 0 saturated carbocycles. The third kappa shape index (κ3) is 3.14. The molecule has 1 atom stereocenters. The van der Waals surface area contributed by atoms with Gasteiger partial charge in [0.1, 0.15) is 6.04 Å². The van der Waals surface area contributed by atoms with Gasteiger partial charge in [0.05, 0.1) is 6.61 Å². The zero-order chi connectivity index (χ0) is 12.1. The van der Waals surface area contributed by atoms with Crippen molar-refractivity contribution in [2.45, 2.75) is 19.9 Å². The Bertz CT molecular complexity index is 368. The molecule has 4 heteroatoms. The van der Waals surface area contributed by atoms with E-state index in [1.165, 1.54) is 0 Å². The minimum absolute atomic E-state index is 0.232. The van der Waals surface area contributed by atoms with Crippen molar-refractivity contribution >= 4 is 23.3 Å². The van der Waals surface area contributed by atoms with Crippen LogP contribution in [0, 0.1) is 0 Å². The van der Waals surface area contributed by atoms with E-state index < -0.39 is 0 Å². The lowest BCUT2D eigenvalue weighted by atomic mass is 10.2. The van der Waals surface area contributed by atoms with Crippen molar-refractivity contribution in [1.82, 2.24) is 0 Å². The molecule has 88 valence electrons. The van der Waals surface area contributed by atoms with Crippen LogP contribution in [-0.2, 0) is 9.53 Å². The van der Waals surface area contributed by atoms with Gasteiger partial charge < -0.3 is 9.64 Å². The number of benzene rings is 1. The highest BCUT2D eigenvalue weighted by Gasteiger charge is 2.19. The van der Waals surface area contributed by atoms with Gasteiger partial charge in [-0.15, -0.1) is 0 Å². The van der Waals surface area contributed by atoms with Crippen LogP contribution in [0.25, 0.3) is 0 Å². The number of hydrogen-bond acceptors (Lipinski definition) is 3. The Morgan fingerprint density at radius 2 is 2.25 bits per heavy atom. The molecule has 0 heterocycles. The fraction of sp³-hybridized carbons (Fsp3) is 0.417. The van der Waals surface area contributed by atoms with E-state index in [2.05, 4.69) is 0 Å². The lowest BCUT2D eigenvalue weighted by molar-refractivity contribution is -0.144. The second kappa shape index (κ2) is 5.75. The molecule has 0 bridgehead atoms. The molecule has 16 heavy (non-hydrogen) atoms. The normalized spacial score (nSPS) is 12.0. The second-order valence-corrected chi connectivity index (χ2v) is 3.96. The van der Waals surface area contributed by atoms with Crippen LogP contribution in [0.1, 0.15) is 13.8 Å². The number of hydrogen-bond donors (Lipinski definition) is 0. The summed E-state index contributed by atoms with van der Waals surface area (Å²) in [7, 11) is 1.84. The molecular weight excluding hydrogens is 226 g/mol. The summed E-state index contributed by atoms with van der Waals surface area (Å²) in [5.74, 6) is -0.232. The molecule has 1 aromatic rings. The molecule has 0 spiro atoms. The molecule has 1 rings (SSSR count). The largest absolute Gasteiger partial charge is 0.464 e. The summed E-state index contributed by atoms with van der Waals surface area (Å²) in [6.45, 7) is 4.00. The first-order valence-electron chi connectivity index (χ1n) is 5.21. The fourth-order valence-electron chi connectivity index (χ4n) is 1.34. The number of halogens is 1. The van der Waals surface area contributed by atoms with Crippen LogP contribution in [-0.4, -0.2) is 25.7 Å². The number of esters is 1. The first-order valence-corrected chi connectivity index (χ1v) is 5.59. The van der Waals surface area contributed by atoms with Crippen molar-refractivity contribution in [3.8, 4) is 0 Å². The zero-order valence-electron chi connectivity index (χ0n) is 9.74. The van der Waals surface area contributed by atoms with Crippen molar-refractivity contribution < 1.29 is 9.53 Å². The van der Waals surface area contributed by atoms with Crippen molar-refractivity contribution in [2.24, 2.45) is 0 Å². The number of anilines is 1. The predicted octanol–water partition coefficient (Wildman–Crippen LogP) is 2.73. The minimum atomic E-state index is -0.321. The van der Waals surface area contributed by atoms with Crippen LogP contribution in [0.3, 0.4) is 0 Å². The molecule has 0 aliphatic rings. The van der Waals surface area contributed by atoms with Gasteiger partial charge in [0.25, 0.3) is 0 Å². The van der Waals surface area contributed by atoms with E-state index in [0.717, 1.165) is 5.69 Å². The number of carbonyl (C=O) groups is 1. The number of carbonyl (C=O) groups excluding carboxylic acids is 1. The Morgan fingerprint density at radius 1 is 1.56 bits per heavy atom. The summed E-state index contributed by atoms with van der Waals surface area (Å²) in [5, 5.41) is 0.653. The van der Waals surface area contributed by atoms with E-state index in [4.69, 9.17) is 16.3 Å². The van der Waals surface area contributed by atoms with E-state index in [9.17, 15) is 4.79 Å². The molecule has 3 nitrogen and oxygen atoms in total. The molecule has 0 aromatic heterocycles. The smallest absolute Gasteiger partial charge is 0.328 e. The van der Waals surface area contributed by atoms with Crippen LogP contribution < -0.4 is 4.90 Å². The highest BCUT2D eigenvalue weighted by Crippen LogP contribution is 2.20. The van der Waals surface area contributed by atoms with E-state index in [0.29, 0.717) is 11.6 Å². The molecule has 0 radical (unpaired) electrons. The summed E-state index contributed by atoms with van der Waals surface area (Å²) in [4.78, 5) is 13.4. The first-order chi connectivity index (χ1) is 7.56. The Labute approximate surface area is 101 Å². The SMILES string of the molecule is CCOC(=O)C(C)N(C)c1cccc(Cl)c1. The number of rotatable bonds is 4. The van der Waals surface area contributed by atoms with Gasteiger partial charge in [0.2, 0.25) is 0 Å². The number of nitrogens with zero attached hydrogens (tertiary/aromatic N) is 1. The molecule has 1 unspecified atom stereocenters. The summed E-state index contributed by atoms with van der Waals surface area (Å²) >= 11 is 5.89. The molecule has 0 fully saturated rings. The molecular formula is C12H16ClNO2. The third-order valence-corrected chi connectivity index (χ3v) is 2.66. The molecule has 1 aromatic carbocycles. The summed E-state index contributed by atoms with van der Waals surface area (Å²) < 4.78 is 4.96. The predicted molar refractivity (Wildman–Crippen MR) is 66.0 cm³/mol. The van der Waals surface area contributed by atoms with Crippen molar-refractivity contribution in [1.29, 1.82) is 0 Å². The number of likely N-dealkylation sites (N-methyl/N-ethyl adjacent to an activating group) is 1. The van der Waals surface area contributed by atoms with E-state index >= 15 is 0 Å². The molecule has 0 aliphatic heterocycles. The molecule has 0 aliphatic carbocycles. The molecule has 0 N–H and O–H groups in total. The maximum absolute atomic E-state index is 11.5. The van der Waals surface area contributed by atoms with Gasteiger partial charge in [-0.1, -0.05) is 17.7 Å². The minimum Gasteiger partial charge on any atom is -0.464 e. The van der Waals surface area contributed by atoms with Crippen LogP contribution in [0.15, 0.2) is 24.3 Å². The van der Waals surface area contributed by atoms with Gasteiger partial charge >= 0.3 is 5.97 Å². The van der Waals surface area contributed by atoms with Gasteiger partial charge in [0, 0.05) is 17.8 Å². The van der Waals surface area contributed by atoms with Gasteiger partial charge in [-0.05, 0) is 32.0 Å². The van der Waals surface area contributed by atoms with Gasteiger partial charge in [0.15, 0.2) is 0 Å². The highest BCUT2D eigenvalue weighted by molar-refractivity contribution is 6.30. The van der Waals surface area contributed by atoms with Gasteiger partial charge in [-0.3, -0.25) is 0 Å². The molecule has 0 amide bonds. The van der Waals surface area contributed by atoms with Crippen LogP contribution in [0.5, 0.6) is 0 Å². The van der Waals surface area contributed by atoms with E-state index in [1.54, 1.807) is 19.9 Å². The Kier molecular flexibility index (Phi) is 4.62. The number of ether oxygens (including phenoxy) is 1. The second-order valence-electron chi connectivity index (χ2n) is 3.52. The van der Waals surface area contributed by atoms with Crippen LogP contribution >= 0.6 is 11.6 Å². The Morgan fingerprint density at radius 3 is 2.81 bits per heavy atom. The average molecular weight is 242 g/mol. The summed E-state index contributed by atoms with van der Waals surface area (Å²) in [6, 6.07) is 7.05. The molecule has 0 saturated heterocycles. The monoisotopic (exact) mass is 241 g/mol. The third-order valence-electron chi connectivity index (χ3n) is 2.42.